The highest BCUT2D eigenvalue weighted by molar-refractivity contribution is 14.0. The molecular weight excluding hydrogens is 373 g/mol. The van der Waals surface area contributed by atoms with Crippen molar-refractivity contribution < 1.29 is 0 Å². The van der Waals surface area contributed by atoms with E-state index < -0.39 is 0 Å². The third-order valence-corrected chi connectivity index (χ3v) is 4.21. The Kier molecular flexibility index (Phi) is 7.59. The molecule has 0 radical (unpaired) electrons. The van der Waals surface area contributed by atoms with Gasteiger partial charge in [0.15, 0.2) is 5.96 Å². The molecule has 3 N–H and O–H groups in total. The van der Waals surface area contributed by atoms with Crippen LogP contribution < -0.4 is 11.1 Å². The molecule has 1 aliphatic carbocycles. The molecule has 0 unspecified atom stereocenters. The molecule has 0 bridgehead atoms. The largest absolute Gasteiger partial charge is 0.370 e. The highest BCUT2D eigenvalue weighted by Crippen LogP contribution is 2.17. The second-order valence-corrected chi connectivity index (χ2v) is 5.77. The van der Waals surface area contributed by atoms with Crippen LogP contribution in [0.3, 0.4) is 0 Å². The Morgan fingerprint density at radius 2 is 2.00 bits per heavy atom. The van der Waals surface area contributed by atoms with Crippen molar-refractivity contribution in [2.75, 3.05) is 0 Å². The van der Waals surface area contributed by atoms with Gasteiger partial charge in [0.25, 0.3) is 0 Å². The van der Waals surface area contributed by atoms with Gasteiger partial charge in [0.05, 0.1) is 6.54 Å². The van der Waals surface area contributed by atoms with Crippen molar-refractivity contribution in [1.29, 1.82) is 0 Å². The smallest absolute Gasteiger partial charge is 0.189 e. The van der Waals surface area contributed by atoms with Gasteiger partial charge in [-0.3, -0.25) is 0 Å². The number of nitrogens with two attached hydrogens (primary N) is 1. The van der Waals surface area contributed by atoms with Crippen LogP contribution in [-0.2, 0) is 13.0 Å². The van der Waals surface area contributed by atoms with Crippen molar-refractivity contribution in [1.82, 2.24) is 15.5 Å². The van der Waals surface area contributed by atoms with Crippen molar-refractivity contribution in [2.24, 2.45) is 10.7 Å². The van der Waals surface area contributed by atoms with Gasteiger partial charge in [-0.25, -0.2) is 4.99 Å². The summed E-state index contributed by atoms with van der Waals surface area (Å²) in [6.07, 6.45) is 7.27. The third-order valence-electron chi connectivity index (χ3n) is 3.15. The number of guanidine groups is 1. The fourth-order valence-corrected chi connectivity index (χ4v) is 2.86. The van der Waals surface area contributed by atoms with Gasteiger partial charge in [0.1, 0.15) is 10.0 Å². The van der Waals surface area contributed by atoms with Gasteiger partial charge < -0.3 is 11.1 Å². The molecule has 7 heteroatoms. The highest BCUT2D eigenvalue weighted by Gasteiger charge is 2.13. The van der Waals surface area contributed by atoms with E-state index in [2.05, 4.69) is 27.4 Å². The molecule has 1 heterocycles. The maximum Gasteiger partial charge on any atom is 0.189 e. The molecule has 108 valence electrons. The highest BCUT2D eigenvalue weighted by atomic mass is 127. The van der Waals surface area contributed by atoms with Crippen LogP contribution in [0.4, 0.5) is 0 Å². The number of hydrogen-bond acceptors (Lipinski definition) is 4. The van der Waals surface area contributed by atoms with E-state index in [4.69, 9.17) is 5.73 Å². The predicted molar refractivity (Wildman–Crippen MR) is 90.0 cm³/mol. The Morgan fingerprint density at radius 1 is 1.32 bits per heavy atom. The number of hydrogen-bond donors (Lipinski definition) is 2. The Balaban J connectivity index is 0.00000180. The first kappa shape index (κ1) is 16.6. The summed E-state index contributed by atoms with van der Waals surface area (Å²) in [6, 6.07) is 0.503. The van der Waals surface area contributed by atoms with Gasteiger partial charge in [0, 0.05) is 6.04 Å². The SMILES string of the molecule is CCc1nnc(CN=C(N)NC2CCCCC2)s1.I. The Morgan fingerprint density at radius 3 is 2.63 bits per heavy atom. The van der Waals surface area contributed by atoms with E-state index >= 15 is 0 Å². The molecular formula is C12H22IN5S. The first-order valence-corrected chi connectivity index (χ1v) is 7.47. The van der Waals surface area contributed by atoms with Crippen LogP contribution in [0, 0.1) is 0 Å². The number of nitrogens with zero attached hydrogens (tertiary/aromatic N) is 3. The maximum absolute atomic E-state index is 5.89. The zero-order valence-corrected chi connectivity index (χ0v) is 14.4. The fraction of sp³-hybridized carbons (Fsp3) is 0.750. The topological polar surface area (TPSA) is 76.2 Å². The normalized spacial score (nSPS) is 17.0. The molecule has 0 aromatic carbocycles. The van der Waals surface area contributed by atoms with E-state index in [1.54, 1.807) is 11.3 Å². The first-order chi connectivity index (χ1) is 8.78. The molecule has 5 nitrogen and oxygen atoms in total. The van der Waals surface area contributed by atoms with Crippen molar-refractivity contribution in [3.05, 3.63) is 10.0 Å². The van der Waals surface area contributed by atoms with E-state index in [0.717, 1.165) is 16.4 Å². The minimum Gasteiger partial charge on any atom is -0.370 e. The van der Waals surface area contributed by atoms with Crippen LogP contribution in [0.1, 0.15) is 49.0 Å². The van der Waals surface area contributed by atoms with E-state index in [1.807, 2.05) is 0 Å². The van der Waals surface area contributed by atoms with E-state index in [9.17, 15) is 0 Å². The maximum atomic E-state index is 5.89. The van der Waals surface area contributed by atoms with Crippen LogP contribution in [0.2, 0.25) is 0 Å². The van der Waals surface area contributed by atoms with Crippen LogP contribution >= 0.6 is 35.3 Å². The molecule has 0 amide bonds. The van der Waals surface area contributed by atoms with Crippen LogP contribution in [0.15, 0.2) is 4.99 Å². The van der Waals surface area contributed by atoms with Crippen molar-refractivity contribution in [3.8, 4) is 0 Å². The number of rotatable bonds is 4. The molecule has 0 spiro atoms. The Bertz CT molecular complexity index is 401. The lowest BCUT2D eigenvalue weighted by Crippen LogP contribution is -2.41. The molecule has 0 saturated heterocycles. The molecule has 1 saturated carbocycles. The average Bonchev–Trinajstić information content (AvgIpc) is 2.85. The molecule has 0 atom stereocenters. The second-order valence-electron chi connectivity index (χ2n) is 4.62. The van der Waals surface area contributed by atoms with E-state index in [1.165, 1.54) is 32.1 Å². The number of aliphatic imine (C=N–C) groups is 1. The molecule has 1 aliphatic rings. The zero-order chi connectivity index (χ0) is 12.8. The van der Waals surface area contributed by atoms with Gasteiger partial charge in [-0.05, 0) is 19.3 Å². The minimum atomic E-state index is 0. The summed E-state index contributed by atoms with van der Waals surface area (Å²) in [5, 5.41) is 13.4. The Hall–Kier alpha value is -0.440. The summed E-state index contributed by atoms with van der Waals surface area (Å²) >= 11 is 1.61. The van der Waals surface area contributed by atoms with Crippen molar-refractivity contribution >= 4 is 41.3 Å². The van der Waals surface area contributed by atoms with Gasteiger partial charge in [-0.15, -0.1) is 34.2 Å². The van der Waals surface area contributed by atoms with Gasteiger partial charge in [-0.2, -0.15) is 0 Å². The van der Waals surface area contributed by atoms with Crippen LogP contribution in [0.5, 0.6) is 0 Å². The summed E-state index contributed by atoms with van der Waals surface area (Å²) in [6.45, 7) is 2.61. The van der Waals surface area contributed by atoms with Crippen LogP contribution in [-0.4, -0.2) is 22.2 Å². The molecule has 1 aromatic heterocycles. The van der Waals surface area contributed by atoms with Gasteiger partial charge in [0.2, 0.25) is 0 Å². The number of halogens is 1. The Labute approximate surface area is 135 Å². The van der Waals surface area contributed by atoms with E-state index in [0.29, 0.717) is 18.5 Å². The quantitative estimate of drug-likeness (QED) is 0.467. The number of nitrogens with one attached hydrogen (secondary N) is 1. The molecule has 1 aromatic rings. The lowest BCUT2D eigenvalue weighted by atomic mass is 9.96. The fourth-order valence-electron chi connectivity index (χ4n) is 2.15. The molecule has 1 fully saturated rings. The van der Waals surface area contributed by atoms with E-state index in [-0.39, 0.29) is 24.0 Å². The first-order valence-electron chi connectivity index (χ1n) is 6.65. The summed E-state index contributed by atoms with van der Waals surface area (Å²) in [5.41, 5.74) is 5.89. The number of aromatic nitrogens is 2. The van der Waals surface area contributed by atoms with Gasteiger partial charge >= 0.3 is 0 Å². The minimum absolute atomic E-state index is 0. The molecule has 2 rings (SSSR count). The monoisotopic (exact) mass is 395 g/mol. The van der Waals surface area contributed by atoms with Crippen molar-refractivity contribution in [3.63, 3.8) is 0 Å². The summed E-state index contributed by atoms with van der Waals surface area (Å²) < 4.78 is 0. The molecule has 19 heavy (non-hydrogen) atoms. The summed E-state index contributed by atoms with van der Waals surface area (Å²) in [7, 11) is 0. The summed E-state index contributed by atoms with van der Waals surface area (Å²) in [4.78, 5) is 4.33. The van der Waals surface area contributed by atoms with Crippen LogP contribution in [0.25, 0.3) is 0 Å². The standard InChI is InChI=1S/C12H21N5S.HI/c1-2-10-16-17-11(18-10)8-14-12(13)15-9-6-4-3-5-7-9;/h9H,2-8H2,1H3,(H3,13,14,15);1H. The lowest BCUT2D eigenvalue weighted by Gasteiger charge is -2.23. The summed E-state index contributed by atoms with van der Waals surface area (Å²) in [5.74, 6) is 0.537. The predicted octanol–water partition coefficient (Wildman–Crippen LogP) is 2.46. The second kappa shape index (κ2) is 8.68. The zero-order valence-electron chi connectivity index (χ0n) is 11.3. The third kappa shape index (κ3) is 5.60. The average molecular weight is 395 g/mol. The number of aryl methyl sites for hydroxylation is 1. The van der Waals surface area contributed by atoms with Crippen molar-refractivity contribution in [2.45, 2.75) is 58.0 Å². The van der Waals surface area contributed by atoms with Gasteiger partial charge in [-0.1, -0.05) is 37.5 Å². The molecule has 0 aliphatic heterocycles. The lowest BCUT2D eigenvalue weighted by molar-refractivity contribution is 0.412.